The van der Waals surface area contributed by atoms with E-state index in [0.29, 0.717) is 27.8 Å². The van der Waals surface area contributed by atoms with Gasteiger partial charge in [0.1, 0.15) is 17.3 Å². The lowest BCUT2D eigenvalue weighted by Crippen LogP contribution is -2.32. The summed E-state index contributed by atoms with van der Waals surface area (Å²) in [5.41, 5.74) is 3.59. The second kappa shape index (κ2) is 7.41. The van der Waals surface area contributed by atoms with Gasteiger partial charge in [-0.05, 0) is 67.1 Å². The standard InChI is InChI=1S/C23H16ClFN2O/c1-15-2-12-20(13-3-15)27-22(17-6-10-19(25)11-7-17)26-21(23(27)28)14-16-4-8-18(24)9-5-16/h2-14H,1H3/b21-14+. The van der Waals surface area contributed by atoms with E-state index in [9.17, 15) is 9.18 Å². The molecule has 0 bridgehead atoms. The van der Waals surface area contributed by atoms with Gasteiger partial charge in [0.25, 0.3) is 5.91 Å². The second-order valence-electron chi connectivity index (χ2n) is 6.50. The van der Waals surface area contributed by atoms with E-state index >= 15 is 0 Å². The monoisotopic (exact) mass is 390 g/mol. The molecule has 0 unspecified atom stereocenters. The minimum Gasteiger partial charge on any atom is -0.266 e. The molecule has 3 nitrogen and oxygen atoms in total. The van der Waals surface area contributed by atoms with Crippen molar-refractivity contribution in [3.05, 3.63) is 106 Å². The lowest BCUT2D eigenvalue weighted by atomic mass is 10.1. The van der Waals surface area contributed by atoms with Crippen molar-refractivity contribution in [2.45, 2.75) is 6.92 Å². The molecule has 0 fully saturated rings. The van der Waals surface area contributed by atoms with E-state index in [1.807, 2.05) is 43.3 Å². The van der Waals surface area contributed by atoms with Crippen molar-refractivity contribution in [3.8, 4) is 0 Å². The molecular weight excluding hydrogens is 375 g/mol. The second-order valence-corrected chi connectivity index (χ2v) is 6.94. The normalized spacial score (nSPS) is 15.2. The molecule has 138 valence electrons. The highest BCUT2D eigenvalue weighted by molar-refractivity contribution is 6.33. The van der Waals surface area contributed by atoms with Crippen LogP contribution in [0.15, 0.2) is 83.5 Å². The number of nitrogens with zero attached hydrogens (tertiary/aromatic N) is 2. The van der Waals surface area contributed by atoms with E-state index < -0.39 is 0 Å². The molecule has 1 heterocycles. The summed E-state index contributed by atoms with van der Waals surface area (Å²) in [5.74, 6) is -0.111. The molecular formula is C23H16ClFN2O. The zero-order chi connectivity index (χ0) is 19.7. The van der Waals surface area contributed by atoms with Gasteiger partial charge in [-0.15, -0.1) is 0 Å². The molecule has 0 saturated carbocycles. The molecule has 0 aliphatic carbocycles. The maximum atomic E-state index is 13.4. The van der Waals surface area contributed by atoms with Crippen LogP contribution < -0.4 is 4.90 Å². The Morgan fingerprint density at radius 1 is 0.929 bits per heavy atom. The van der Waals surface area contributed by atoms with Crippen LogP contribution in [0.3, 0.4) is 0 Å². The van der Waals surface area contributed by atoms with Crippen molar-refractivity contribution in [2.75, 3.05) is 4.90 Å². The molecule has 5 heteroatoms. The Kier molecular flexibility index (Phi) is 4.80. The lowest BCUT2D eigenvalue weighted by molar-refractivity contribution is -0.113. The number of carbonyl (C=O) groups is 1. The molecule has 0 radical (unpaired) electrons. The third-order valence-electron chi connectivity index (χ3n) is 4.43. The number of anilines is 1. The Bertz CT molecular complexity index is 1080. The first kappa shape index (κ1) is 18.1. The van der Waals surface area contributed by atoms with Gasteiger partial charge in [0.05, 0.1) is 5.69 Å². The molecule has 1 amide bonds. The average molecular weight is 391 g/mol. The number of amides is 1. The number of hydrogen-bond donors (Lipinski definition) is 0. The van der Waals surface area contributed by atoms with Crippen molar-refractivity contribution in [1.29, 1.82) is 0 Å². The minimum atomic E-state index is -0.340. The summed E-state index contributed by atoms with van der Waals surface area (Å²) < 4.78 is 13.4. The summed E-state index contributed by atoms with van der Waals surface area (Å²) in [7, 11) is 0. The maximum Gasteiger partial charge on any atom is 0.282 e. The summed E-state index contributed by atoms with van der Waals surface area (Å²) in [6, 6.07) is 20.7. The van der Waals surface area contributed by atoms with E-state index in [4.69, 9.17) is 11.6 Å². The van der Waals surface area contributed by atoms with Crippen LogP contribution in [-0.2, 0) is 4.79 Å². The first-order valence-electron chi connectivity index (χ1n) is 8.74. The van der Waals surface area contributed by atoms with E-state index in [1.54, 1.807) is 35.2 Å². The van der Waals surface area contributed by atoms with Gasteiger partial charge < -0.3 is 0 Å². The van der Waals surface area contributed by atoms with Crippen LogP contribution in [0.2, 0.25) is 5.02 Å². The number of hydrogen-bond acceptors (Lipinski definition) is 2. The fourth-order valence-corrected chi connectivity index (χ4v) is 3.09. The van der Waals surface area contributed by atoms with Gasteiger partial charge in [-0.25, -0.2) is 9.38 Å². The number of amidine groups is 1. The summed E-state index contributed by atoms with van der Waals surface area (Å²) >= 11 is 5.93. The van der Waals surface area contributed by atoms with Crippen molar-refractivity contribution in [2.24, 2.45) is 4.99 Å². The highest BCUT2D eigenvalue weighted by Gasteiger charge is 2.32. The predicted octanol–water partition coefficient (Wildman–Crippen LogP) is 5.62. The Morgan fingerprint density at radius 3 is 2.21 bits per heavy atom. The largest absolute Gasteiger partial charge is 0.282 e. The maximum absolute atomic E-state index is 13.4. The van der Waals surface area contributed by atoms with Crippen LogP contribution in [0.25, 0.3) is 6.08 Å². The van der Waals surface area contributed by atoms with Gasteiger partial charge in [-0.2, -0.15) is 0 Å². The first-order valence-corrected chi connectivity index (χ1v) is 9.12. The number of aliphatic imine (C=N–C) groups is 1. The predicted molar refractivity (Wildman–Crippen MR) is 111 cm³/mol. The molecule has 1 aliphatic rings. The van der Waals surface area contributed by atoms with Gasteiger partial charge in [-0.3, -0.25) is 9.69 Å². The Labute approximate surface area is 167 Å². The molecule has 28 heavy (non-hydrogen) atoms. The van der Waals surface area contributed by atoms with Gasteiger partial charge in [0.2, 0.25) is 0 Å². The third kappa shape index (κ3) is 3.59. The van der Waals surface area contributed by atoms with Crippen molar-refractivity contribution in [1.82, 2.24) is 0 Å². The molecule has 1 aliphatic heterocycles. The Hall–Kier alpha value is -3.24. The highest BCUT2D eigenvalue weighted by Crippen LogP contribution is 2.28. The smallest absolute Gasteiger partial charge is 0.266 e. The average Bonchev–Trinajstić information content (AvgIpc) is 3.01. The highest BCUT2D eigenvalue weighted by atomic mass is 35.5. The number of benzene rings is 3. The minimum absolute atomic E-state index is 0.238. The Morgan fingerprint density at radius 2 is 1.57 bits per heavy atom. The summed E-state index contributed by atoms with van der Waals surface area (Å²) in [6.45, 7) is 1.98. The van der Waals surface area contributed by atoms with Gasteiger partial charge >= 0.3 is 0 Å². The van der Waals surface area contributed by atoms with Crippen molar-refractivity contribution in [3.63, 3.8) is 0 Å². The van der Waals surface area contributed by atoms with Gasteiger partial charge in [-0.1, -0.05) is 41.4 Å². The van der Waals surface area contributed by atoms with Gasteiger partial charge in [0.15, 0.2) is 0 Å². The van der Waals surface area contributed by atoms with E-state index in [2.05, 4.69) is 4.99 Å². The zero-order valence-electron chi connectivity index (χ0n) is 15.1. The Balaban J connectivity index is 1.81. The molecule has 0 N–H and O–H groups in total. The van der Waals surface area contributed by atoms with E-state index in [0.717, 1.165) is 11.1 Å². The number of halogens is 2. The number of aryl methyl sites for hydroxylation is 1. The molecule has 0 aromatic heterocycles. The molecule has 0 spiro atoms. The number of carbonyl (C=O) groups excluding carboxylic acids is 1. The third-order valence-corrected chi connectivity index (χ3v) is 4.68. The van der Waals surface area contributed by atoms with Crippen LogP contribution in [0, 0.1) is 12.7 Å². The van der Waals surface area contributed by atoms with Crippen LogP contribution in [0.4, 0.5) is 10.1 Å². The van der Waals surface area contributed by atoms with E-state index in [1.165, 1.54) is 12.1 Å². The van der Waals surface area contributed by atoms with Gasteiger partial charge in [0, 0.05) is 10.6 Å². The molecule has 4 rings (SSSR count). The fraction of sp³-hybridized carbons (Fsp3) is 0.0435. The lowest BCUT2D eigenvalue weighted by Gasteiger charge is -2.18. The van der Waals surface area contributed by atoms with Crippen molar-refractivity contribution < 1.29 is 9.18 Å². The zero-order valence-corrected chi connectivity index (χ0v) is 15.8. The fourth-order valence-electron chi connectivity index (χ4n) is 2.96. The van der Waals surface area contributed by atoms with Crippen LogP contribution in [0.5, 0.6) is 0 Å². The molecule has 3 aromatic rings. The molecule has 3 aromatic carbocycles. The topological polar surface area (TPSA) is 32.7 Å². The van der Waals surface area contributed by atoms with Crippen LogP contribution in [-0.4, -0.2) is 11.7 Å². The first-order chi connectivity index (χ1) is 13.5. The van der Waals surface area contributed by atoms with E-state index in [-0.39, 0.29) is 11.7 Å². The molecule has 0 saturated heterocycles. The SMILES string of the molecule is Cc1ccc(N2C(=O)/C(=C\c3ccc(Cl)cc3)N=C2c2ccc(F)cc2)cc1. The summed E-state index contributed by atoms with van der Waals surface area (Å²) in [6.07, 6.45) is 1.72. The summed E-state index contributed by atoms with van der Waals surface area (Å²) in [5, 5.41) is 0.622. The number of rotatable bonds is 3. The van der Waals surface area contributed by atoms with Crippen LogP contribution in [0.1, 0.15) is 16.7 Å². The van der Waals surface area contributed by atoms with Crippen LogP contribution >= 0.6 is 11.6 Å². The summed E-state index contributed by atoms with van der Waals surface area (Å²) in [4.78, 5) is 19.3. The molecule has 0 atom stereocenters. The quantitative estimate of drug-likeness (QED) is 0.534. The van der Waals surface area contributed by atoms with Crippen molar-refractivity contribution >= 4 is 35.1 Å².